The van der Waals surface area contributed by atoms with E-state index in [4.69, 9.17) is 38.3 Å². The zero-order valence-electron chi connectivity index (χ0n) is 17.8. The Bertz CT molecular complexity index is 393. The minimum absolute atomic E-state index is 0.00176. The normalized spacial score (nSPS) is 11.0. The van der Waals surface area contributed by atoms with Gasteiger partial charge in [-0.15, -0.1) is 0 Å². The average Bonchev–Trinajstić information content (AvgIpc) is 2.73. The smallest absolute Gasteiger partial charge is 0.307 e. The lowest BCUT2D eigenvalue weighted by molar-refractivity contribution is -0.142. The largest absolute Gasteiger partial charge is 0.481 e. The SMILES string of the molecule is COC(=O)CCOCCOCCOCCOCCOCCOCCOCCC(=O)O. The van der Waals surface area contributed by atoms with Crippen molar-refractivity contribution in [3.05, 3.63) is 0 Å². The summed E-state index contributed by atoms with van der Waals surface area (Å²) in [4.78, 5) is 21.1. The number of carboxylic acids is 1. The summed E-state index contributed by atoms with van der Waals surface area (Å²) >= 11 is 0. The third kappa shape index (κ3) is 24.7. The molecule has 178 valence electrons. The van der Waals surface area contributed by atoms with Crippen molar-refractivity contribution in [3.63, 3.8) is 0 Å². The van der Waals surface area contributed by atoms with Crippen LogP contribution in [-0.4, -0.2) is 117 Å². The molecule has 0 amide bonds. The van der Waals surface area contributed by atoms with E-state index < -0.39 is 5.97 Å². The first kappa shape index (κ1) is 28.7. The molecule has 30 heavy (non-hydrogen) atoms. The number of aliphatic carboxylic acids is 1. The molecule has 0 radical (unpaired) electrons. The van der Waals surface area contributed by atoms with Crippen LogP contribution in [0.5, 0.6) is 0 Å². The highest BCUT2D eigenvalue weighted by Crippen LogP contribution is 1.88. The molecule has 0 unspecified atom stereocenters. The van der Waals surface area contributed by atoms with Crippen LogP contribution in [0.25, 0.3) is 0 Å². The molecular formula is C19H36O11. The lowest BCUT2D eigenvalue weighted by Gasteiger charge is -2.08. The van der Waals surface area contributed by atoms with E-state index in [2.05, 4.69) is 4.74 Å². The van der Waals surface area contributed by atoms with E-state index >= 15 is 0 Å². The fraction of sp³-hybridized carbons (Fsp3) is 0.895. The van der Waals surface area contributed by atoms with Crippen LogP contribution < -0.4 is 0 Å². The summed E-state index contributed by atoms with van der Waals surface area (Å²) in [5.74, 6) is -1.17. The van der Waals surface area contributed by atoms with Crippen LogP contribution in [0.4, 0.5) is 0 Å². The van der Waals surface area contributed by atoms with Gasteiger partial charge in [-0.05, 0) is 0 Å². The van der Waals surface area contributed by atoms with E-state index in [-0.39, 0.29) is 25.4 Å². The standard InChI is InChI=1S/C19H36O11/c1-23-19(22)3-5-25-7-9-27-11-13-29-15-17-30-16-14-28-12-10-26-8-6-24-4-2-18(20)21/h2-17H2,1H3,(H,20,21). The van der Waals surface area contributed by atoms with Crippen molar-refractivity contribution in [1.29, 1.82) is 0 Å². The van der Waals surface area contributed by atoms with Gasteiger partial charge < -0.3 is 43.0 Å². The molecule has 0 bridgehead atoms. The van der Waals surface area contributed by atoms with Crippen LogP contribution in [0.15, 0.2) is 0 Å². The van der Waals surface area contributed by atoms with Gasteiger partial charge in [-0.1, -0.05) is 0 Å². The molecule has 0 rings (SSSR count). The Morgan fingerprint density at radius 3 is 1.03 bits per heavy atom. The molecule has 1 N–H and O–H groups in total. The predicted molar refractivity (Wildman–Crippen MR) is 105 cm³/mol. The second-order valence-corrected chi connectivity index (χ2v) is 5.76. The molecule has 11 heteroatoms. The zero-order valence-corrected chi connectivity index (χ0v) is 17.8. The van der Waals surface area contributed by atoms with Crippen molar-refractivity contribution < 1.29 is 52.6 Å². The lowest BCUT2D eigenvalue weighted by Crippen LogP contribution is -2.15. The highest BCUT2D eigenvalue weighted by molar-refractivity contribution is 5.69. The fourth-order valence-electron chi connectivity index (χ4n) is 1.84. The Kier molecular flexibility index (Phi) is 22.9. The van der Waals surface area contributed by atoms with Crippen molar-refractivity contribution in [2.24, 2.45) is 0 Å². The molecule has 0 fully saturated rings. The van der Waals surface area contributed by atoms with E-state index in [0.717, 1.165) is 0 Å². The monoisotopic (exact) mass is 440 g/mol. The number of ether oxygens (including phenoxy) is 8. The third-order valence-corrected chi connectivity index (χ3v) is 3.37. The highest BCUT2D eigenvalue weighted by atomic mass is 16.6. The molecule has 0 saturated carbocycles. The second-order valence-electron chi connectivity index (χ2n) is 5.76. The highest BCUT2D eigenvalue weighted by Gasteiger charge is 1.99. The minimum atomic E-state index is -0.876. The van der Waals surface area contributed by atoms with Crippen molar-refractivity contribution in [1.82, 2.24) is 0 Å². The van der Waals surface area contributed by atoms with Crippen LogP contribution >= 0.6 is 0 Å². The number of rotatable bonds is 24. The van der Waals surface area contributed by atoms with Crippen LogP contribution in [-0.2, 0) is 47.5 Å². The fourth-order valence-corrected chi connectivity index (χ4v) is 1.84. The number of carboxylic acid groups (broad SMARTS) is 1. The molecule has 0 aromatic heterocycles. The Hall–Kier alpha value is -1.34. The maximum absolute atomic E-state index is 10.8. The van der Waals surface area contributed by atoms with Crippen molar-refractivity contribution in [2.45, 2.75) is 12.8 Å². The van der Waals surface area contributed by atoms with Crippen LogP contribution in [0.1, 0.15) is 12.8 Å². The van der Waals surface area contributed by atoms with E-state index in [0.29, 0.717) is 85.9 Å². The maximum Gasteiger partial charge on any atom is 0.307 e. The second kappa shape index (κ2) is 23.9. The van der Waals surface area contributed by atoms with Gasteiger partial charge in [-0.2, -0.15) is 0 Å². The molecule has 0 aromatic rings. The molecule has 0 atom stereocenters. The van der Waals surface area contributed by atoms with Gasteiger partial charge in [0.2, 0.25) is 0 Å². The first-order valence-corrected chi connectivity index (χ1v) is 9.99. The van der Waals surface area contributed by atoms with Gasteiger partial charge in [-0.3, -0.25) is 9.59 Å². The quantitative estimate of drug-likeness (QED) is 0.163. The molecule has 0 aliphatic heterocycles. The van der Waals surface area contributed by atoms with E-state index in [1.807, 2.05) is 0 Å². The predicted octanol–water partition coefficient (Wildman–Crippen LogP) is 0.140. The number of esters is 1. The topological polar surface area (TPSA) is 128 Å². The molecule has 0 aliphatic carbocycles. The summed E-state index contributed by atoms with van der Waals surface area (Å²) in [6, 6.07) is 0. The number of carbonyl (C=O) groups is 2. The first-order valence-electron chi connectivity index (χ1n) is 9.99. The van der Waals surface area contributed by atoms with Crippen molar-refractivity contribution in [2.75, 3.05) is 99.6 Å². The molecular weight excluding hydrogens is 404 g/mol. The molecule has 0 aliphatic rings. The van der Waals surface area contributed by atoms with Crippen LogP contribution in [0.3, 0.4) is 0 Å². The summed E-state index contributed by atoms with van der Waals surface area (Å²) in [6.45, 7) is 5.89. The summed E-state index contributed by atoms with van der Waals surface area (Å²) < 4.78 is 41.5. The van der Waals surface area contributed by atoms with Gasteiger partial charge in [0.05, 0.1) is 112 Å². The number of methoxy groups -OCH3 is 1. The third-order valence-electron chi connectivity index (χ3n) is 3.37. The number of hydrogen-bond donors (Lipinski definition) is 1. The number of hydrogen-bond acceptors (Lipinski definition) is 10. The van der Waals surface area contributed by atoms with E-state index in [1.54, 1.807) is 0 Å². The zero-order chi connectivity index (χ0) is 22.1. The molecule has 0 saturated heterocycles. The summed E-state index contributed by atoms with van der Waals surface area (Å²) in [7, 11) is 1.34. The molecule has 0 heterocycles. The first-order chi connectivity index (χ1) is 14.7. The Morgan fingerprint density at radius 1 is 0.500 bits per heavy atom. The van der Waals surface area contributed by atoms with Gasteiger partial charge in [0.15, 0.2) is 0 Å². The number of carbonyl (C=O) groups excluding carboxylic acids is 1. The van der Waals surface area contributed by atoms with E-state index in [9.17, 15) is 9.59 Å². The minimum Gasteiger partial charge on any atom is -0.481 e. The summed E-state index contributed by atoms with van der Waals surface area (Å²) in [6.07, 6.45) is 0.240. The van der Waals surface area contributed by atoms with Crippen LogP contribution in [0.2, 0.25) is 0 Å². The Morgan fingerprint density at radius 2 is 0.767 bits per heavy atom. The molecule has 0 aromatic carbocycles. The van der Waals surface area contributed by atoms with Gasteiger partial charge in [-0.25, -0.2) is 0 Å². The van der Waals surface area contributed by atoms with Gasteiger partial charge in [0, 0.05) is 0 Å². The van der Waals surface area contributed by atoms with E-state index in [1.165, 1.54) is 7.11 Å². The summed E-state index contributed by atoms with van der Waals surface area (Å²) in [5.41, 5.74) is 0. The lowest BCUT2D eigenvalue weighted by atomic mass is 10.5. The van der Waals surface area contributed by atoms with Crippen molar-refractivity contribution in [3.8, 4) is 0 Å². The van der Waals surface area contributed by atoms with Gasteiger partial charge in [0.25, 0.3) is 0 Å². The van der Waals surface area contributed by atoms with Crippen LogP contribution in [0, 0.1) is 0 Å². The molecule has 11 nitrogen and oxygen atoms in total. The molecule has 0 spiro atoms. The Labute approximate surface area is 177 Å². The summed E-state index contributed by atoms with van der Waals surface area (Å²) in [5, 5.41) is 8.43. The average molecular weight is 440 g/mol. The van der Waals surface area contributed by atoms with Gasteiger partial charge in [0.1, 0.15) is 0 Å². The Balaban J connectivity index is 3.03. The van der Waals surface area contributed by atoms with Gasteiger partial charge >= 0.3 is 11.9 Å². The maximum atomic E-state index is 10.8. The van der Waals surface area contributed by atoms with Crippen molar-refractivity contribution >= 4 is 11.9 Å².